The van der Waals surface area contributed by atoms with Crippen molar-refractivity contribution in [3.05, 3.63) is 59.2 Å². The average Bonchev–Trinajstić information content (AvgIpc) is 3.24. The lowest BCUT2D eigenvalue weighted by Gasteiger charge is -2.18. The van der Waals surface area contributed by atoms with Crippen molar-refractivity contribution in [3.63, 3.8) is 0 Å². The first-order valence-electron chi connectivity index (χ1n) is 11.2. The van der Waals surface area contributed by atoms with Crippen molar-refractivity contribution < 1.29 is 24.2 Å². The zero-order valence-corrected chi connectivity index (χ0v) is 20.2. The van der Waals surface area contributed by atoms with Gasteiger partial charge in [0.2, 0.25) is 11.8 Å². The van der Waals surface area contributed by atoms with E-state index in [2.05, 4.69) is 29.8 Å². The first-order valence-corrected chi connectivity index (χ1v) is 11.2. The second kappa shape index (κ2) is 13.0. The Hall–Kier alpha value is -3.10. The van der Waals surface area contributed by atoms with Crippen LogP contribution in [0.2, 0.25) is 0 Å². The molecule has 3 rings (SSSR count). The number of ether oxygens (including phenoxy) is 1. The van der Waals surface area contributed by atoms with E-state index >= 15 is 0 Å². The molecule has 8 nitrogen and oxygen atoms in total. The third-order valence-electron chi connectivity index (χ3n) is 5.28. The molecule has 34 heavy (non-hydrogen) atoms. The summed E-state index contributed by atoms with van der Waals surface area (Å²) in [5.74, 6) is -0.594. The molecular formula is C25H32ClN3O5. The Morgan fingerprint density at radius 1 is 1.00 bits per heavy atom. The van der Waals surface area contributed by atoms with E-state index < -0.39 is 12.0 Å². The summed E-state index contributed by atoms with van der Waals surface area (Å²) in [6, 6.07) is 12.1. The summed E-state index contributed by atoms with van der Waals surface area (Å²) in [6.07, 6.45) is -0.291. The largest absolute Gasteiger partial charge is 0.493 e. The fourth-order valence-electron chi connectivity index (χ4n) is 3.58. The van der Waals surface area contributed by atoms with E-state index in [0.717, 1.165) is 18.7 Å². The fraction of sp³-hybridized carbons (Fsp3) is 0.400. The van der Waals surface area contributed by atoms with Crippen LogP contribution in [-0.2, 0) is 27.5 Å². The van der Waals surface area contributed by atoms with E-state index in [1.165, 1.54) is 5.56 Å². The maximum Gasteiger partial charge on any atom is 0.305 e. The summed E-state index contributed by atoms with van der Waals surface area (Å²) in [7, 11) is 0. The number of aliphatic carboxylic acids is 1. The van der Waals surface area contributed by atoms with Gasteiger partial charge in [-0.1, -0.05) is 32.0 Å². The highest BCUT2D eigenvalue weighted by Crippen LogP contribution is 2.22. The van der Waals surface area contributed by atoms with Crippen LogP contribution >= 0.6 is 12.4 Å². The van der Waals surface area contributed by atoms with Gasteiger partial charge in [0.25, 0.3) is 0 Å². The third-order valence-corrected chi connectivity index (χ3v) is 5.28. The van der Waals surface area contributed by atoms with Crippen LogP contribution in [0.15, 0.2) is 42.5 Å². The second-order valence-electron chi connectivity index (χ2n) is 8.63. The van der Waals surface area contributed by atoms with Crippen LogP contribution in [0.5, 0.6) is 5.75 Å². The molecule has 0 aliphatic carbocycles. The smallest absolute Gasteiger partial charge is 0.305 e. The van der Waals surface area contributed by atoms with Gasteiger partial charge in [0.15, 0.2) is 0 Å². The van der Waals surface area contributed by atoms with Crippen molar-refractivity contribution in [3.8, 4) is 5.75 Å². The van der Waals surface area contributed by atoms with Gasteiger partial charge in [-0.05, 0) is 46.9 Å². The van der Waals surface area contributed by atoms with Gasteiger partial charge in [0.05, 0.1) is 19.1 Å². The van der Waals surface area contributed by atoms with Crippen LogP contribution in [0.25, 0.3) is 0 Å². The number of carbonyl (C=O) groups is 3. The maximum atomic E-state index is 12.4. The van der Waals surface area contributed by atoms with Crippen molar-refractivity contribution in [2.24, 2.45) is 5.92 Å². The molecule has 4 N–H and O–H groups in total. The van der Waals surface area contributed by atoms with Crippen LogP contribution in [0, 0.1) is 5.92 Å². The zero-order chi connectivity index (χ0) is 23.8. The molecule has 1 atom stereocenters. The average molecular weight is 490 g/mol. The third kappa shape index (κ3) is 8.35. The van der Waals surface area contributed by atoms with Crippen molar-refractivity contribution >= 4 is 35.9 Å². The Morgan fingerprint density at radius 2 is 1.68 bits per heavy atom. The van der Waals surface area contributed by atoms with Gasteiger partial charge in [-0.25, -0.2) is 0 Å². The Labute approximate surface area is 205 Å². The van der Waals surface area contributed by atoms with Crippen LogP contribution < -0.4 is 20.7 Å². The molecule has 2 amide bonds. The molecule has 1 unspecified atom stereocenters. The Balaban J connectivity index is 0.00000408. The van der Waals surface area contributed by atoms with Crippen molar-refractivity contribution in [1.29, 1.82) is 0 Å². The molecule has 9 heteroatoms. The predicted octanol–water partition coefficient (Wildman–Crippen LogP) is 3.80. The summed E-state index contributed by atoms with van der Waals surface area (Å²) in [6.45, 7) is 6.29. The first-order chi connectivity index (χ1) is 15.8. The summed E-state index contributed by atoms with van der Waals surface area (Å²) >= 11 is 0. The van der Waals surface area contributed by atoms with Gasteiger partial charge >= 0.3 is 5.97 Å². The van der Waals surface area contributed by atoms with Gasteiger partial charge in [0, 0.05) is 31.6 Å². The lowest BCUT2D eigenvalue weighted by atomic mass is 10.0. The van der Waals surface area contributed by atoms with Crippen LogP contribution in [-0.4, -0.2) is 29.5 Å². The topological polar surface area (TPSA) is 117 Å². The monoisotopic (exact) mass is 489 g/mol. The molecule has 0 saturated heterocycles. The number of hydrogen-bond acceptors (Lipinski definition) is 5. The van der Waals surface area contributed by atoms with E-state index in [9.17, 15) is 19.5 Å². The van der Waals surface area contributed by atoms with Crippen molar-refractivity contribution in [2.45, 2.75) is 52.2 Å². The minimum absolute atomic E-state index is 0. The normalized spacial score (nSPS) is 12.9. The van der Waals surface area contributed by atoms with Gasteiger partial charge in [-0.15, -0.1) is 12.4 Å². The first kappa shape index (κ1) is 27.1. The van der Waals surface area contributed by atoms with Crippen LogP contribution in [0.1, 0.15) is 55.8 Å². The van der Waals surface area contributed by atoms with Crippen molar-refractivity contribution in [1.82, 2.24) is 10.6 Å². The second-order valence-corrected chi connectivity index (χ2v) is 8.63. The number of halogens is 1. The number of amides is 2. The molecule has 0 fully saturated rings. The molecular weight excluding hydrogens is 458 g/mol. The predicted molar refractivity (Wildman–Crippen MR) is 132 cm³/mol. The molecule has 0 saturated carbocycles. The number of anilines is 1. The van der Waals surface area contributed by atoms with Crippen molar-refractivity contribution in [2.75, 3.05) is 11.9 Å². The summed E-state index contributed by atoms with van der Waals surface area (Å²) in [5, 5.41) is 18.1. The number of hydrogen-bond donors (Lipinski definition) is 4. The standard InChI is InChI=1S/C25H31N3O5.ClH/c1-16(2)15-33-21-7-4-17(5-8-21)22(12-25(31)32)28-24(30)10-9-23(29)27-20-6-3-18-13-26-14-19(18)11-20;/h3-8,11,16,22,26H,9-10,12-15H2,1-2H3,(H,27,29)(H,28,30)(H,31,32);1H. The van der Waals surface area contributed by atoms with Gasteiger partial charge < -0.3 is 25.8 Å². The van der Waals surface area contributed by atoms with Gasteiger partial charge in [0.1, 0.15) is 5.75 Å². The summed E-state index contributed by atoms with van der Waals surface area (Å²) < 4.78 is 5.65. The van der Waals surface area contributed by atoms with Gasteiger partial charge in [-0.3, -0.25) is 14.4 Å². The minimum atomic E-state index is -1.02. The van der Waals surface area contributed by atoms with Gasteiger partial charge in [-0.2, -0.15) is 0 Å². The molecule has 0 bridgehead atoms. The van der Waals surface area contributed by atoms with Crippen LogP contribution in [0.4, 0.5) is 5.69 Å². The highest BCUT2D eigenvalue weighted by molar-refractivity contribution is 5.93. The molecule has 0 radical (unpaired) electrons. The Morgan fingerprint density at radius 3 is 2.35 bits per heavy atom. The van der Waals surface area contributed by atoms with E-state index in [4.69, 9.17) is 4.74 Å². The molecule has 1 heterocycles. The van der Waals surface area contributed by atoms with E-state index in [-0.39, 0.29) is 43.5 Å². The number of carboxylic acid groups (broad SMARTS) is 1. The molecule has 184 valence electrons. The highest BCUT2D eigenvalue weighted by Gasteiger charge is 2.19. The van der Waals surface area contributed by atoms with E-state index in [0.29, 0.717) is 29.5 Å². The number of rotatable bonds is 11. The molecule has 0 aromatic heterocycles. The summed E-state index contributed by atoms with van der Waals surface area (Å²) in [5.41, 5.74) is 3.74. The molecule has 0 spiro atoms. The number of carboxylic acids is 1. The zero-order valence-electron chi connectivity index (χ0n) is 19.4. The Kier molecular flexibility index (Phi) is 10.3. The van der Waals surface area contributed by atoms with E-state index in [1.807, 2.05) is 18.2 Å². The summed E-state index contributed by atoms with van der Waals surface area (Å²) in [4.78, 5) is 36.0. The quantitative estimate of drug-likeness (QED) is 0.381. The lowest BCUT2D eigenvalue weighted by molar-refractivity contribution is -0.138. The maximum absolute atomic E-state index is 12.4. The highest BCUT2D eigenvalue weighted by atomic mass is 35.5. The van der Waals surface area contributed by atoms with Crippen LogP contribution in [0.3, 0.4) is 0 Å². The number of benzene rings is 2. The number of nitrogens with one attached hydrogen (secondary N) is 3. The molecule has 1 aliphatic heterocycles. The molecule has 1 aliphatic rings. The number of fused-ring (bicyclic) bond motifs is 1. The molecule has 2 aromatic rings. The minimum Gasteiger partial charge on any atom is -0.493 e. The Bertz CT molecular complexity index is 995. The fourth-order valence-corrected chi connectivity index (χ4v) is 3.58. The number of carbonyl (C=O) groups excluding carboxylic acids is 2. The van der Waals surface area contributed by atoms with E-state index in [1.54, 1.807) is 24.3 Å². The molecule has 2 aromatic carbocycles. The lowest BCUT2D eigenvalue weighted by Crippen LogP contribution is -2.30. The SMILES string of the molecule is CC(C)COc1ccc(C(CC(=O)O)NC(=O)CCC(=O)Nc2ccc3c(c2)CNC3)cc1.Cl.